The lowest BCUT2D eigenvalue weighted by atomic mass is 9.98. The smallest absolute Gasteiger partial charge is 0.337 e. The lowest BCUT2D eigenvalue weighted by molar-refractivity contribution is 0.0696. The van der Waals surface area contributed by atoms with Gasteiger partial charge in [0, 0.05) is 12.3 Å². The fraction of sp³-hybridized carbons (Fsp3) is 0.250. The Morgan fingerprint density at radius 3 is 2.62 bits per heavy atom. The third kappa shape index (κ3) is 2.72. The number of hydrogen-bond donors (Lipinski definition) is 1. The van der Waals surface area contributed by atoms with E-state index in [1.54, 1.807) is 6.07 Å². The Morgan fingerprint density at radius 2 is 2.10 bits per heavy atom. The van der Waals surface area contributed by atoms with E-state index in [-0.39, 0.29) is 22.6 Å². The molecule has 1 N–H and O–H groups in total. The topological polar surface area (TPSA) is 59.4 Å². The highest BCUT2D eigenvalue weighted by atomic mass is 19.1. The molecule has 0 amide bonds. The lowest BCUT2D eigenvalue weighted by Gasteiger charge is -2.11. The molecule has 5 heteroatoms. The number of aromatic carboxylic acids is 1. The molecule has 1 aromatic heterocycles. The highest BCUT2D eigenvalue weighted by Gasteiger charge is 2.39. The van der Waals surface area contributed by atoms with E-state index in [4.69, 9.17) is 9.84 Å². The van der Waals surface area contributed by atoms with Gasteiger partial charge < -0.3 is 9.84 Å². The molecule has 21 heavy (non-hydrogen) atoms. The fourth-order valence-corrected chi connectivity index (χ4v) is 2.12. The van der Waals surface area contributed by atoms with Crippen molar-refractivity contribution in [1.29, 1.82) is 0 Å². The number of nitrogens with zero attached hydrogens (tertiary/aromatic N) is 1. The summed E-state index contributed by atoms with van der Waals surface area (Å²) in [6.07, 6.45) is 3.32. The van der Waals surface area contributed by atoms with Gasteiger partial charge in [-0.25, -0.2) is 14.2 Å². The van der Waals surface area contributed by atoms with E-state index in [9.17, 15) is 9.18 Å². The van der Waals surface area contributed by atoms with Crippen LogP contribution in [0, 0.1) is 5.82 Å². The van der Waals surface area contributed by atoms with E-state index in [1.165, 1.54) is 24.4 Å². The Hall–Kier alpha value is -2.43. The van der Waals surface area contributed by atoms with Gasteiger partial charge in [0.2, 0.25) is 5.88 Å². The summed E-state index contributed by atoms with van der Waals surface area (Å²) in [5.41, 5.74) is 1.13. The number of hydrogen-bond acceptors (Lipinski definition) is 3. The van der Waals surface area contributed by atoms with Gasteiger partial charge >= 0.3 is 5.97 Å². The Balaban J connectivity index is 1.79. The molecule has 0 bridgehead atoms. The molecule has 0 saturated heterocycles. The first-order chi connectivity index (χ1) is 9.98. The van der Waals surface area contributed by atoms with E-state index in [0.717, 1.165) is 18.4 Å². The van der Waals surface area contributed by atoms with Gasteiger partial charge in [0.05, 0.1) is 5.56 Å². The minimum absolute atomic E-state index is 0.0554. The first-order valence-electron chi connectivity index (χ1n) is 6.65. The number of aromatic nitrogens is 1. The maximum Gasteiger partial charge on any atom is 0.337 e. The van der Waals surface area contributed by atoms with Gasteiger partial charge in [0.15, 0.2) is 11.6 Å². The van der Waals surface area contributed by atoms with E-state index < -0.39 is 11.8 Å². The predicted molar refractivity (Wildman–Crippen MR) is 74.3 cm³/mol. The number of benzene rings is 1. The quantitative estimate of drug-likeness (QED) is 0.930. The normalized spacial score (nSPS) is 15.5. The average Bonchev–Trinajstić information content (AvgIpc) is 3.21. The van der Waals surface area contributed by atoms with Crippen molar-refractivity contribution in [3.63, 3.8) is 0 Å². The van der Waals surface area contributed by atoms with Crippen molar-refractivity contribution in [2.75, 3.05) is 0 Å². The van der Waals surface area contributed by atoms with Gasteiger partial charge in [0.25, 0.3) is 0 Å². The summed E-state index contributed by atoms with van der Waals surface area (Å²) in [4.78, 5) is 14.6. The zero-order valence-corrected chi connectivity index (χ0v) is 11.5. The summed E-state index contributed by atoms with van der Waals surface area (Å²) in [5, 5.41) is 8.78. The summed E-state index contributed by atoms with van der Waals surface area (Å²) in [6.45, 7) is 2.11. The number of carbonyl (C=O) groups is 1. The fourth-order valence-electron chi connectivity index (χ4n) is 2.12. The molecule has 1 aliphatic carbocycles. The highest BCUT2D eigenvalue weighted by Crippen LogP contribution is 2.48. The first-order valence-corrected chi connectivity index (χ1v) is 6.65. The molecule has 0 aliphatic heterocycles. The Bertz CT molecular complexity index is 693. The molecule has 0 spiro atoms. The average molecular weight is 287 g/mol. The van der Waals surface area contributed by atoms with Crippen molar-refractivity contribution in [3.8, 4) is 11.6 Å². The largest absolute Gasteiger partial charge is 0.478 e. The zero-order valence-electron chi connectivity index (χ0n) is 11.5. The van der Waals surface area contributed by atoms with Crippen LogP contribution in [-0.4, -0.2) is 16.1 Å². The predicted octanol–water partition coefficient (Wildman–Crippen LogP) is 3.76. The van der Waals surface area contributed by atoms with Gasteiger partial charge in [-0.15, -0.1) is 0 Å². The van der Waals surface area contributed by atoms with Crippen LogP contribution in [0.5, 0.6) is 11.6 Å². The second kappa shape index (κ2) is 4.84. The molecule has 0 unspecified atom stereocenters. The van der Waals surface area contributed by atoms with Crippen molar-refractivity contribution in [3.05, 3.63) is 53.5 Å². The van der Waals surface area contributed by atoms with Crippen molar-refractivity contribution in [2.45, 2.75) is 25.2 Å². The molecule has 4 nitrogen and oxygen atoms in total. The number of ether oxygens (including phenoxy) is 1. The van der Waals surface area contributed by atoms with Crippen LogP contribution in [0.2, 0.25) is 0 Å². The third-order valence-electron chi connectivity index (χ3n) is 3.83. The van der Waals surface area contributed by atoms with Crippen molar-refractivity contribution in [2.24, 2.45) is 0 Å². The molecule has 108 valence electrons. The molecule has 1 aliphatic rings. The standard InChI is InChI=1S/C16H14FNO3/c1-16(6-7-16)11-3-4-13(12(17)8-11)21-14-5-2-10(9-18-14)15(19)20/h2-5,8-9H,6-7H2,1H3,(H,19,20). The van der Waals surface area contributed by atoms with Crippen LogP contribution < -0.4 is 4.74 Å². The van der Waals surface area contributed by atoms with Crippen LogP contribution in [-0.2, 0) is 5.41 Å². The highest BCUT2D eigenvalue weighted by molar-refractivity contribution is 5.87. The number of carboxylic acid groups (broad SMARTS) is 1. The maximum absolute atomic E-state index is 14.1. The maximum atomic E-state index is 14.1. The summed E-state index contributed by atoms with van der Waals surface area (Å²) in [7, 11) is 0. The Labute approximate surface area is 121 Å². The molecular formula is C16H14FNO3. The number of carboxylic acids is 1. The van der Waals surface area contributed by atoms with Crippen LogP contribution >= 0.6 is 0 Å². The molecule has 1 fully saturated rings. The molecule has 0 atom stereocenters. The summed E-state index contributed by atoms with van der Waals surface area (Å²) in [5.74, 6) is -1.27. The van der Waals surface area contributed by atoms with Gasteiger partial charge in [-0.1, -0.05) is 13.0 Å². The van der Waals surface area contributed by atoms with Crippen molar-refractivity contribution >= 4 is 5.97 Å². The van der Waals surface area contributed by atoms with Gasteiger partial charge in [-0.2, -0.15) is 0 Å². The monoisotopic (exact) mass is 287 g/mol. The molecule has 2 aromatic rings. The second-order valence-corrected chi connectivity index (χ2v) is 5.50. The zero-order chi connectivity index (χ0) is 15.0. The molecule has 1 heterocycles. The number of rotatable bonds is 4. The van der Waals surface area contributed by atoms with Crippen molar-refractivity contribution in [1.82, 2.24) is 4.98 Å². The van der Waals surface area contributed by atoms with E-state index in [1.807, 2.05) is 6.07 Å². The van der Waals surface area contributed by atoms with E-state index in [2.05, 4.69) is 11.9 Å². The van der Waals surface area contributed by atoms with Crippen molar-refractivity contribution < 1.29 is 19.0 Å². The molecular weight excluding hydrogens is 273 g/mol. The van der Waals surface area contributed by atoms with Crippen LogP contribution in [0.3, 0.4) is 0 Å². The SMILES string of the molecule is CC1(c2ccc(Oc3ccc(C(=O)O)cn3)c(F)c2)CC1. The molecule has 1 saturated carbocycles. The minimum Gasteiger partial charge on any atom is -0.478 e. The summed E-state index contributed by atoms with van der Waals surface area (Å²) < 4.78 is 19.4. The van der Waals surface area contributed by atoms with E-state index in [0.29, 0.717) is 0 Å². The van der Waals surface area contributed by atoms with Crippen LogP contribution in [0.4, 0.5) is 4.39 Å². The molecule has 1 aromatic carbocycles. The van der Waals surface area contributed by atoms with Gasteiger partial charge in [-0.3, -0.25) is 0 Å². The third-order valence-corrected chi connectivity index (χ3v) is 3.83. The van der Waals surface area contributed by atoms with Gasteiger partial charge in [0.1, 0.15) is 0 Å². The van der Waals surface area contributed by atoms with E-state index >= 15 is 0 Å². The van der Waals surface area contributed by atoms with Gasteiger partial charge in [-0.05, 0) is 42.0 Å². The number of pyridine rings is 1. The first kappa shape index (κ1) is 13.5. The second-order valence-electron chi connectivity index (χ2n) is 5.50. The Kier molecular flexibility index (Phi) is 3.12. The Morgan fingerprint density at radius 1 is 1.33 bits per heavy atom. The van der Waals surface area contributed by atoms with Crippen LogP contribution in [0.1, 0.15) is 35.7 Å². The molecule has 0 radical (unpaired) electrons. The number of halogens is 1. The van der Waals surface area contributed by atoms with Crippen LogP contribution in [0.25, 0.3) is 0 Å². The summed E-state index contributed by atoms with van der Waals surface area (Å²) >= 11 is 0. The summed E-state index contributed by atoms with van der Waals surface area (Å²) in [6, 6.07) is 7.70. The van der Waals surface area contributed by atoms with Crippen LogP contribution in [0.15, 0.2) is 36.5 Å². The lowest BCUT2D eigenvalue weighted by Crippen LogP contribution is -2.01. The molecule has 3 rings (SSSR count). The minimum atomic E-state index is -1.07.